The Morgan fingerprint density at radius 3 is 2.67 bits per heavy atom. The Balaban J connectivity index is 1.41. The van der Waals surface area contributed by atoms with Gasteiger partial charge in [0.15, 0.2) is 5.82 Å². The normalized spacial score (nSPS) is 16.3. The van der Waals surface area contributed by atoms with E-state index in [0.717, 1.165) is 31.5 Å². The lowest BCUT2D eigenvalue weighted by atomic mass is 10.0. The number of carbonyl (C=O) groups excluding carboxylic acids is 1. The van der Waals surface area contributed by atoms with Crippen molar-refractivity contribution in [1.29, 1.82) is 0 Å². The first-order valence-corrected chi connectivity index (χ1v) is 10.5. The summed E-state index contributed by atoms with van der Waals surface area (Å²) in [7, 11) is 0. The molecule has 3 aromatic rings. The lowest BCUT2D eigenvalue weighted by Gasteiger charge is -2.24. The number of nitro groups is 1. The minimum Gasteiger partial charge on any atom is -0.296 e. The van der Waals surface area contributed by atoms with Gasteiger partial charge < -0.3 is 0 Å². The fourth-order valence-corrected chi connectivity index (χ4v) is 4.03. The number of hydroxylamine groups is 1. The van der Waals surface area contributed by atoms with Gasteiger partial charge in [0, 0.05) is 37.2 Å². The monoisotopic (exact) mass is 449 g/mol. The lowest BCUT2D eigenvalue weighted by Crippen LogP contribution is -2.26. The van der Waals surface area contributed by atoms with E-state index in [0.29, 0.717) is 17.9 Å². The number of carbonyl (C=O) groups is 1. The molecule has 0 aliphatic carbocycles. The molecule has 1 aliphatic heterocycles. The Hall–Kier alpha value is -3.96. The van der Waals surface area contributed by atoms with Crippen molar-refractivity contribution in [3.05, 3.63) is 81.7 Å². The van der Waals surface area contributed by atoms with E-state index < -0.39 is 10.8 Å². The maximum atomic E-state index is 11.1. The minimum atomic E-state index is -0.572. The van der Waals surface area contributed by atoms with E-state index in [2.05, 4.69) is 32.6 Å². The highest BCUT2D eigenvalue weighted by molar-refractivity contribution is 5.90. The first-order valence-electron chi connectivity index (χ1n) is 10.5. The van der Waals surface area contributed by atoms with Crippen LogP contribution in [0.4, 0.5) is 5.69 Å². The molecule has 2 N–H and O–H groups in total. The molecule has 2 heterocycles. The first-order chi connectivity index (χ1) is 16.0. The molecule has 2 aromatic carbocycles. The molecule has 170 valence electrons. The molecule has 1 aromatic heterocycles. The molecule has 33 heavy (non-hydrogen) atoms. The van der Waals surface area contributed by atoms with Gasteiger partial charge in [0.25, 0.3) is 11.6 Å². The van der Waals surface area contributed by atoms with Gasteiger partial charge in [-0.15, -0.1) is 5.10 Å². The van der Waals surface area contributed by atoms with E-state index in [1.165, 1.54) is 23.8 Å². The number of tetrazole rings is 1. The number of nitrogens with one attached hydrogen (secondary N) is 1. The predicted octanol–water partition coefficient (Wildman–Crippen LogP) is 2.47. The van der Waals surface area contributed by atoms with Gasteiger partial charge in [-0.1, -0.05) is 24.3 Å². The van der Waals surface area contributed by atoms with Crippen LogP contribution in [0.15, 0.2) is 54.6 Å². The number of rotatable bonds is 8. The van der Waals surface area contributed by atoms with Gasteiger partial charge in [-0.05, 0) is 59.1 Å². The number of hydrogen-bond donors (Lipinski definition) is 2. The summed E-state index contributed by atoms with van der Waals surface area (Å²) < 4.78 is 1.61. The fraction of sp³-hybridized carbons (Fsp3) is 0.273. The van der Waals surface area contributed by atoms with Crippen LogP contribution in [0.3, 0.4) is 0 Å². The number of likely N-dealkylation sites (tertiary alicyclic amines) is 1. The highest BCUT2D eigenvalue weighted by Crippen LogP contribution is 2.32. The second kappa shape index (κ2) is 10.1. The molecular formula is C22H23N7O4. The number of amides is 1. The Bertz CT molecular complexity index is 1140. The summed E-state index contributed by atoms with van der Waals surface area (Å²) in [5.41, 5.74) is 4.34. The van der Waals surface area contributed by atoms with Crippen LogP contribution >= 0.6 is 0 Å². The predicted molar refractivity (Wildman–Crippen MR) is 118 cm³/mol. The van der Waals surface area contributed by atoms with Crippen molar-refractivity contribution in [1.82, 2.24) is 30.6 Å². The number of benzene rings is 2. The van der Waals surface area contributed by atoms with Crippen LogP contribution in [-0.2, 0) is 11.2 Å². The second-order valence-electron chi connectivity index (χ2n) is 7.70. The minimum absolute atomic E-state index is 0.0199. The van der Waals surface area contributed by atoms with Crippen molar-refractivity contribution in [3.63, 3.8) is 0 Å². The molecule has 0 saturated carbocycles. The van der Waals surface area contributed by atoms with Crippen molar-refractivity contribution < 1.29 is 14.9 Å². The smallest absolute Gasteiger partial charge is 0.269 e. The van der Waals surface area contributed by atoms with Crippen molar-refractivity contribution in [2.75, 3.05) is 13.1 Å². The zero-order valence-electron chi connectivity index (χ0n) is 17.7. The van der Waals surface area contributed by atoms with E-state index in [-0.39, 0.29) is 11.7 Å². The summed E-state index contributed by atoms with van der Waals surface area (Å²) in [4.78, 5) is 24.0. The standard InChI is InChI=1S/C22H23N7O4/c30-22(24-31)12-5-16-3-6-17(7-4-16)20-2-1-14-27(20)15-13-21-23-25-26-28(21)18-8-10-19(11-9-18)29(32)33/h3-12,20,31H,1-2,13-15H2,(H,24,30)/t20-/m0/s1. The topological polar surface area (TPSA) is 139 Å². The van der Waals surface area contributed by atoms with Gasteiger partial charge >= 0.3 is 0 Å². The fourth-order valence-electron chi connectivity index (χ4n) is 4.03. The van der Waals surface area contributed by atoms with Crippen molar-refractivity contribution in [3.8, 4) is 5.69 Å². The summed E-state index contributed by atoms with van der Waals surface area (Å²) >= 11 is 0. The molecule has 4 rings (SSSR count). The lowest BCUT2D eigenvalue weighted by molar-refractivity contribution is -0.384. The van der Waals surface area contributed by atoms with E-state index >= 15 is 0 Å². The van der Waals surface area contributed by atoms with Crippen LogP contribution in [0.5, 0.6) is 0 Å². The molecule has 0 radical (unpaired) electrons. The van der Waals surface area contributed by atoms with E-state index in [4.69, 9.17) is 5.21 Å². The largest absolute Gasteiger partial charge is 0.296 e. The molecule has 0 unspecified atom stereocenters. The molecule has 1 fully saturated rings. The van der Waals surface area contributed by atoms with E-state index in [1.807, 2.05) is 12.1 Å². The SMILES string of the molecule is O=C(C=Cc1ccc([C@@H]2CCCN2CCc2nnnn2-c2ccc([N+](=O)[O-])cc2)cc1)NO. The van der Waals surface area contributed by atoms with Gasteiger partial charge in [0.05, 0.1) is 10.6 Å². The van der Waals surface area contributed by atoms with Gasteiger partial charge in [0.2, 0.25) is 0 Å². The third-order valence-electron chi connectivity index (χ3n) is 5.68. The molecule has 11 nitrogen and oxygen atoms in total. The third kappa shape index (κ3) is 5.27. The molecular weight excluding hydrogens is 426 g/mol. The Labute approximate surface area is 189 Å². The molecule has 1 amide bonds. The summed E-state index contributed by atoms with van der Waals surface area (Å²) in [5.74, 6) is 0.120. The highest BCUT2D eigenvalue weighted by Gasteiger charge is 2.26. The summed E-state index contributed by atoms with van der Waals surface area (Å²) in [6, 6.07) is 14.4. The average molecular weight is 449 g/mol. The van der Waals surface area contributed by atoms with E-state index in [9.17, 15) is 14.9 Å². The number of non-ortho nitro benzene ring substituents is 1. The highest BCUT2D eigenvalue weighted by atomic mass is 16.6. The number of hydrogen-bond acceptors (Lipinski definition) is 8. The van der Waals surface area contributed by atoms with Crippen LogP contribution in [-0.4, -0.2) is 54.2 Å². The maximum Gasteiger partial charge on any atom is 0.269 e. The maximum absolute atomic E-state index is 11.1. The number of nitrogens with zero attached hydrogens (tertiary/aromatic N) is 6. The molecule has 1 atom stereocenters. The summed E-state index contributed by atoms with van der Waals surface area (Å²) in [6.07, 6.45) is 5.69. The average Bonchev–Trinajstić information content (AvgIpc) is 3.51. The zero-order chi connectivity index (χ0) is 23.2. The van der Waals surface area contributed by atoms with E-state index in [1.54, 1.807) is 28.4 Å². The Morgan fingerprint density at radius 1 is 1.21 bits per heavy atom. The van der Waals surface area contributed by atoms with Gasteiger partial charge in [-0.2, -0.15) is 4.68 Å². The van der Waals surface area contributed by atoms with Crippen molar-refractivity contribution in [2.45, 2.75) is 25.3 Å². The molecule has 0 bridgehead atoms. The van der Waals surface area contributed by atoms with Gasteiger partial charge in [0.1, 0.15) is 0 Å². The van der Waals surface area contributed by atoms with Crippen molar-refractivity contribution in [2.24, 2.45) is 0 Å². The quantitative estimate of drug-likeness (QED) is 0.231. The Morgan fingerprint density at radius 2 is 1.97 bits per heavy atom. The number of nitro benzene ring substituents is 1. The Kier molecular flexibility index (Phi) is 6.81. The van der Waals surface area contributed by atoms with Crippen LogP contribution in [0, 0.1) is 10.1 Å². The van der Waals surface area contributed by atoms with Crippen molar-refractivity contribution >= 4 is 17.7 Å². The molecule has 0 spiro atoms. The van der Waals surface area contributed by atoms with Crippen LogP contribution < -0.4 is 5.48 Å². The van der Waals surface area contributed by atoms with Gasteiger partial charge in [-0.3, -0.25) is 25.0 Å². The zero-order valence-corrected chi connectivity index (χ0v) is 17.7. The molecule has 11 heteroatoms. The molecule has 1 aliphatic rings. The second-order valence-corrected chi connectivity index (χ2v) is 7.70. The first kappa shape index (κ1) is 22.2. The van der Waals surface area contributed by atoms with Crippen LogP contribution in [0.25, 0.3) is 11.8 Å². The number of aromatic nitrogens is 4. The molecule has 1 saturated heterocycles. The summed E-state index contributed by atoms with van der Waals surface area (Å²) in [5, 5.41) is 31.4. The van der Waals surface area contributed by atoms with Crippen LogP contribution in [0.2, 0.25) is 0 Å². The van der Waals surface area contributed by atoms with Gasteiger partial charge in [-0.25, -0.2) is 5.48 Å². The third-order valence-corrected chi connectivity index (χ3v) is 5.68. The summed E-state index contributed by atoms with van der Waals surface area (Å²) in [6.45, 7) is 1.75. The van der Waals surface area contributed by atoms with Crippen LogP contribution in [0.1, 0.15) is 35.8 Å².